The maximum Gasteiger partial charge on any atom is 0.161 e. The number of nitrogens with zero attached hydrogens (tertiary/aromatic N) is 2. The van der Waals surface area contributed by atoms with E-state index < -0.39 is 35.5 Å². The third-order valence-corrected chi connectivity index (χ3v) is 4.39. The summed E-state index contributed by atoms with van der Waals surface area (Å²) in [5.74, 6) is 0. The Balaban J connectivity index is 2.19. The number of rotatable bonds is 1. The highest BCUT2D eigenvalue weighted by atomic mass is 32.2. The van der Waals surface area contributed by atoms with Crippen LogP contribution in [0.2, 0.25) is 0 Å². The molecule has 7 heteroatoms. The standard InChI is InChI=1S/C11H19FN2O3S/c1-11(2,16)8-7(15)5(12)6-9(17-8)18-10(13-6)14(3)4/h5-9,15-16H,1-4H3/t5-,6+,7-,8-,9+/m0/s1. The predicted molar refractivity (Wildman–Crippen MR) is 68.4 cm³/mol. The van der Waals surface area contributed by atoms with Gasteiger partial charge in [0.15, 0.2) is 11.3 Å². The van der Waals surface area contributed by atoms with E-state index in [0.29, 0.717) is 5.17 Å². The number of hydrogen-bond donors (Lipinski definition) is 2. The summed E-state index contributed by atoms with van der Waals surface area (Å²) in [6.07, 6.45) is -3.83. The molecule has 2 heterocycles. The predicted octanol–water partition coefficient (Wildman–Crippen LogP) is 0.214. The lowest BCUT2D eigenvalue weighted by Gasteiger charge is -2.42. The fourth-order valence-electron chi connectivity index (χ4n) is 2.12. The number of halogens is 1. The molecular formula is C11H19FN2O3S. The van der Waals surface area contributed by atoms with Crippen molar-refractivity contribution in [3.63, 3.8) is 0 Å². The maximum atomic E-state index is 14.2. The van der Waals surface area contributed by atoms with Crippen LogP contribution in [0, 0.1) is 0 Å². The number of aliphatic imine (C=N–C) groups is 1. The van der Waals surface area contributed by atoms with Crippen LogP contribution in [0.1, 0.15) is 13.8 Å². The molecule has 2 rings (SSSR count). The fourth-order valence-corrected chi connectivity index (χ4v) is 3.25. The van der Waals surface area contributed by atoms with Crippen molar-refractivity contribution >= 4 is 16.9 Å². The first kappa shape index (κ1) is 14.0. The Kier molecular flexibility index (Phi) is 3.61. The average Bonchev–Trinajstić information content (AvgIpc) is 2.65. The van der Waals surface area contributed by atoms with E-state index >= 15 is 0 Å². The number of alkyl halides is 1. The number of ether oxygens (including phenoxy) is 1. The van der Waals surface area contributed by atoms with E-state index in [9.17, 15) is 14.6 Å². The maximum absolute atomic E-state index is 14.2. The fraction of sp³-hybridized carbons (Fsp3) is 0.909. The Morgan fingerprint density at radius 2 is 2.06 bits per heavy atom. The van der Waals surface area contributed by atoms with E-state index in [1.165, 1.54) is 25.6 Å². The van der Waals surface area contributed by atoms with Crippen LogP contribution in [0.25, 0.3) is 0 Å². The molecule has 18 heavy (non-hydrogen) atoms. The minimum absolute atomic E-state index is 0.489. The van der Waals surface area contributed by atoms with Crippen LogP contribution in [0.4, 0.5) is 4.39 Å². The van der Waals surface area contributed by atoms with Gasteiger partial charge >= 0.3 is 0 Å². The van der Waals surface area contributed by atoms with Crippen molar-refractivity contribution in [3.05, 3.63) is 0 Å². The molecule has 2 N–H and O–H groups in total. The summed E-state index contributed by atoms with van der Waals surface area (Å²) in [4.78, 5) is 6.00. The third-order valence-electron chi connectivity index (χ3n) is 3.08. The number of aliphatic hydroxyl groups is 2. The van der Waals surface area contributed by atoms with Crippen molar-refractivity contribution in [1.82, 2.24) is 4.90 Å². The first-order valence-electron chi connectivity index (χ1n) is 5.83. The summed E-state index contributed by atoms with van der Waals surface area (Å²) < 4.78 is 19.8. The summed E-state index contributed by atoms with van der Waals surface area (Å²) in [6, 6.07) is -0.707. The normalized spacial score (nSPS) is 40.4. The number of aliphatic hydroxyl groups excluding tert-OH is 1. The molecule has 0 spiro atoms. The largest absolute Gasteiger partial charge is 0.388 e. The van der Waals surface area contributed by atoms with Crippen LogP contribution >= 0.6 is 11.8 Å². The molecule has 5 atom stereocenters. The van der Waals surface area contributed by atoms with Gasteiger partial charge in [0.25, 0.3) is 0 Å². The zero-order valence-corrected chi connectivity index (χ0v) is 11.7. The van der Waals surface area contributed by atoms with Gasteiger partial charge in [0.2, 0.25) is 0 Å². The van der Waals surface area contributed by atoms with E-state index in [2.05, 4.69) is 4.99 Å². The van der Waals surface area contributed by atoms with E-state index in [-0.39, 0.29) is 0 Å². The van der Waals surface area contributed by atoms with Crippen LogP contribution in [0.5, 0.6) is 0 Å². The van der Waals surface area contributed by atoms with E-state index in [1.807, 2.05) is 14.1 Å². The summed E-state index contributed by atoms with van der Waals surface area (Å²) in [5.41, 5.74) is -1.78. The summed E-state index contributed by atoms with van der Waals surface area (Å²) in [5, 5.41) is 20.5. The Labute approximate surface area is 110 Å². The molecule has 5 nitrogen and oxygen atoms in total. The lowest BCUT2D eigenvalue weighted by Crippen LogP contribution is -2.59. The number of thioether (sulfide) groups is 1. The van der Waals surface area contributed by atoms with E-state index in [0.717, 1.165) is 0 Å². The molecule has 1 saturated heterocycles. The number of hydrogen-bond acceptors (Lipinski definition) is 6. The molecule has 104 valence electrons. The van der Waals surface area contributed by atoms with Gasteiger partial charge in [-0.1, -0.05) is 11.8 Å². The Bertz CT molecular complexity index is 359. The van der Waals surface area contributed by atoms with Crippen LogP contribution in [-0.2, 0) is 4.74 Å². The number of amidine groups is 1. The highest BCUT2D eigenvalue weighted by molar-refractivity contribution is 8.14. The van der Waals surface area contributed by atoms with Crippen molar-refractivity contribution < 1.29 is 19.3 Å². The van der Waals surface area contributed by atoms with Crippen molar-refractivity contribution in [2.75, 3.05) is 14.1 Å². The van der Waals surface area contributed by atoms with Gasteiger partial charge in [-0.3, -0.25) is 4.99 Å². The lowest BCUT2D eigenvalue weighted by atomic mass is 9.89. The second-order valence-electron chi connectivity index (χ2n) is 5.43. The van der Waals surface area contributed by atoms with Gasteiger partial charge in [0.1, 0.15) is 23.7 Å². The van der Waals surface area contributed by atoms with Crippen LogP contribution in [0.15, 0.2) is 4.99 Å². The molecule has 2 aliphatic heterocycles. The SMILES string of the molecule is CN(C)C1=N[C@@H]2[C@H](F)[C@H](O)[C@@H](C(C)(C)O)O[C@@H]2S1. The molecule has 0 aromatic heterocycles. The van der Waals surface area contributed by atoms with Crippen molar-refractivity contribution in [3.8, 4) is 0 Å². The zero-order chi connectivity index (χ0) is 13.7. The highest BCUT2D eigenvalue weighted by Gasteiger charge is 2.53. The van der Waals surface area contributed by atoms with Crippen molar-refractivity contribution in [1.29, 1.82) is 0 Å². The van der Waals surface area contributed by atoms with E-state index in [1.54, 1.807) is 4.90 Å². The Morgan fingerprint density at radius 3 is 2.56 bits per heavy atom. The van der Waals surface area contributed by atoms with Crippen LogP contribution < -0.4 is 0 Å². The summed E-state index contributed by atoms with van der Waals surface area (Å²) in [7, 11) is 3.64. The molecule has 0 aromatic rings. The van der Waals surface area contributed by atoms with Gasteiger partial charge in [0.05, 0.1) is 5.60 Å². The van der Waals surface area contributed by atoms with Gasteiger partial charge in [-0.25, -0.2) is 4.39 Å². The zero-order valence-electron chi connectivity index (χ0n) is 10.9. The van der Waals surface area contributed by atoms with Crippen molar-refractivity contribution in [2.45, 2.75) is 49.3 Å². The molecule has 1 fully saturated rings. The second kappa shape index (κ2) is 4.63. The average molecular weight is 278 g/mol. The molecule has 0 unspecified atom stereocenters. The van der Waals surface area contributed by atoms with Gasteiger partial charge in [-0.05, 0) is 13.8 Å². The first-order chi connectivity index (χ1) is 8.21. The molecule has 0 amide bonds. The molecule has 2 aliphatic rings. The molecular weight excluding hydrogens is 259 g/mol. The quantitative estimate of drug-likeness (QED) is 0.718. The number of fused-ring (bicyclic) bond motifs is 1. The third kappa shape index (κ3) is 2.36. The summed E-state index contributed by atoms with van der Waals surface area (Å²) in [6.45, 7) is 3.00. The molecule has 0 aromatic carbocycles. The van der Waals surface area contributed by atoms with Gasteiger partial charge in [-0.2, -0.15) is 0 Å². The van der Waals surface area contributed by atoms with E-state index in [4.69, 9.17) is 4.74 Å². The Morgan fingerprint density at radius 1 is 1.44 bits per heavy atom. The van der Waals surface area contributed by atoms with Crippen LogP contribution in [0.3, 0.4) is 0 Å². The van der Waals surface area contributed by atoms with Crippen molar-refractivity contribution in [2.24, 2.45) is 4.99 Å². The molecule has 0 aliphatic carbocycles. The van der Waals surface area contributed by atoms with Gasteiger partial charge in [-0.15, -0.1) is 0 Å². The highest BCUT2D eigenvalue weighted by Crippen LogP contribution is 2.40. The molecule has 0 bridgehead atoms. The minimum atomic E-state index is -1.52. The van der Waals surface area contributed by atoms with Crippen LogP contribution in [-0.4, -0.2) is 69.8 Å². The summed E-state index contributed by atoms with van der Waals surface area (Å²) >= 11 is 1.32. The van der Waals surface area contributed by atoms with Gasteiger partial charge in [0, 0.05) is 14.1 Å². The Hall–Kier alpha value is -0.370. The second-order valence-corrected chi connectivity index (χ2v) is 6.49. The molecule has 0 radical (unpaired) electrons. The first-order valence-corrected chi connectivity index (χ1v) is 6.71. The van der Waals surface area contributed by atoms with Gasteiger partial charge < -0.3 is 19.8 Å². The lowest BCUT2D eigenvalue weighted by molar-refractivity contribution is -0.195. The molecule has 0 saturated carbocycles. The monoisotopic (exact) mass is 278 g/mol. The smallest absolute Gasteiger partial charge is 0.161 e. The minimum Gasteiger partial charge on any atom is -0.388 e. The topological polar surface area (TPSA) is 65.3 Å².